The Kier molecular flexibility index (Phi) is 5.72. The zero-order chi connectivity index (χ0) is 11.6. The third-order valence-corrected chi connectivity index (χ3v) is 2.13. The van der Waals surface area contributed by atoms with Crippen LogP contribution in [0.1, 0.15) is 12.8 Å². The van der Waals surface area contributed by atoms with Crippen LogP contribution in [0.4, 0.5) is 0 Å². The van der Waals surface area contributed by atoms with Crippen molar-refractivity contribution in [2.75, 3.05) is 0 Å². The third kappa shape index (κ3) is 5.82. The third-order valence-electron chi connectivity index (χ3n) is 2.13. The first-order chi connectivity index (χ1) is 7.79. The zero-order valence-corrected chi connectivity index (χ0v) is 9.60. The molecule has 0 spiro atoms. The molecule has 0 saturated carbocycles. The van der Waals surface area contributed by atoms with Crippen LogP contribution in [-0.4, -0.2) is 0 Å². The molecule has 0 amide bonds. The molecule has 0 atom stereocenters. The standard InChI is InChI=1S/C16H18/c1-15-11-9-7-5-3-4-6-8-10-12-16(2)14-13-15/h5-14H,1-4H2/b7-5-,8-6-,11-9-,12-10-,14-13-. The Hall–Kier alpha value is -1.82. The predicted molar refractivity (Wildman–Crippen MR) is 73.2 cm³/mol. The van der Waals surface area contributed by atoms with Crippen LogP contribution < -0.4 is 0 Å². The van der Waals surface area contributed by atoms with Crippen molar-refractivity contribution in [1.29, 1.82) is 0 Å². The van der Waals surface area contributed by atoms with Crippen LogP contribution >= 0.6 is 0 Å². The van der Waals surface area contributed by atoms with Crippen molar-refractivity contribution < 1.29 is 0 Å². The van der Waals surface area contributed by atoms with Crippen LogP contribution in [0.5, 0.6) is 0 Å². The van der Waals surface area contributed by atoms with Gasteiger partial charge in [-0.05, 0) is 24.0 Å². The van der Waals surface area contributed by atoms with E-state index in [1.165, 1.54) is 0 Å². The van der Waals surface area contributed by atoms with E-state index in [1.54, 1.807) is 0 Å². The first-order valence-corrected chi connectivity index (χ1v) is 5.51. The molecule has 0 saturated heterocycles. The molecule has 0 heteroatoms. The highest BCUT2D eigenvalue weighted by atomic mass is 13.9. The normalized spacial score (nSPS) is 27.8. The molecular weight excluding hydrogens is 192 g/mol. The first-order valence-electron chi connectivity index (χ1n) is 5.51. The second kappa shape index (κ2) is 7.47. The number of allylic oxidation sites excluding steroid dienone is 12. The average molecular weight is 210 g/mol. The molecule has 0 bridgehead atoms. The Balaban J connectivity index is 2.75. The van der Waals surface area contributed by atoms with E-state index >= 15 is 0 Å². The van der Waals surface area contributed by atoms with Gasteiger partial charge in [-0.2, -0.15) is 0 Å². The van der Waals surface area contributed by atoms with E-state index in [-0.39, 0.29) is 0 Å². The van der Waals surface area contributed by atoms with Crippen LogP contribution in [0.25, 0.3) is 0 Å². The van der Waals surface area contributed by atoms with Gasteiger partial charge in [-0.3, -0.25) is 0 Å². The summed E-state index contributed by atoms with van der Waals surface area (Å²) in [7, 11) is 0. The van der Waals surface area contributed by atoms with Gasteiger partial charge < -0.3 is 0 Å². The smallest absolute Gasteiger partial charge is 0.0313 e. The van der Waals surface area contributed by atoms with E-state index in [2.05, 4.69) is 37.5 Å². The van der Waals surface area contributed by atoms with Gasteiger partial charge in [-0.1, -0.05) is 73.9 Å². The van der Waals surface area contributed by atoms with Crippen molar-refractivity contribution in [2.45, 2.75) is 12.8 Å². The van der Waals surface area contributed by atoms with Crippen molar-refractivity contribution in [3.05, 3.63) is 85.1 Å². The van der Waals surface area contributed by atoms with Gasteiger partial charge >= 0.3 is 0 Å². The topological polar surface area (TPSA) is 0 Å². The summed E-state index contributed by atoms with van der Waals surface area (Å²) in [4.78, 5) is 0. The quantitative estimate of drug-likeness (QED) is 0.545. The van der Waals surface area contributed by atoms with Crippen LogP contribution in [0, 0.1) is 0 Å². The Morgan fingerprint density at radius 3 is 1.50 bits per heavy atom. The van der Waals surface area contributed by atoms with Crippen molar-refractivity contribution in [3.8, 4) is 0 Å². The molecule has 0 aromatic rings. The molecule has 0 aliphatic heterocycles. The molecule has 1 aliphatic rings. The van der Waals surface area contributed by atoms with Crippen molar-refractivity contribution in [2.24, 2.45) is 0 Å². The van der Waals surface area contributed by atoms with E-state index in [1.807, 2.05) is 36.5 Å². The fraction of sp³-hybridized carbons (Fsp3) is 0.125. The van der Waals surface area contributed by atoms with Gasteiger partial charge in [0.1, 0.15) is 0 Å². The minimum Gasteiger partial charge on any atom is -0.0918 e. The largest absolute Gasteiger partial charge is 0.0918 e. The van der Waals surface area contributed by atoms with E-state index in [4.69, 9.17) is 0 Å². The molecular formula is C16H18. The summed E-state index contributed by atoms with van der Waals surface area (Å²) in [5, 5.41) is 0. The van der Waals surface area contributed by atoms with Gasteiger partial charge in [-0.15, -0.1) is 0 Å². The molecule has 0 unspecified atom stereocenters. The molecule has 82 valence electrons. The van der Waals surface area contributed by atoms with Gasteiger partial charge in [-0.25, -0.2) is 0 Å². The van der Waals surface area contributed by atoms with Crippen LogP contribution in [-0.2, 0) is 0 Å². The lowest BCUT2D eigenvalue weighted by Gasteiger charge is -1.91. The highest BCUT2D eigenvalue weighted by molar-refractivity contribution is 5.37. The molecule has 16 heavy (non-hydrogen) atoms. The fourth-order valence-electron chi connectivity index (χ4n) is 1.23. The average Bonchev–Trinajstić information content (AvgIpc) is 2.28. The highest BCUT2D eigenvalue weighted by Crippen LogP contribution is 2.03. The Morgan fingerprint density at radius 1 is 0.625 bits per heavy atom. The van der Waals surface area contributed by atoms with E-state index in [9.17, 15) is 0 Å². The van der Waals surface area contributed by atoms with Crippen molar-refractivity contribution in [1.82, 2.24) is 0 Å². The van der Waals surface area contributed by atoms with Crippen LogP contribution in [0.3, 0.4) is 0 Å². The molecule has 0 nitrogen and oxygen atoms in total. The molecule has 0 N–H and O–H groups in total. The number of hydrogen-bond donors (Lipinski definition) is 0. The minimum atomic E-state index is 0.979. The maximum absolute atomic E-state index is 3.93. The highest BCUT2D eigenvalue weighted by Gasteiger charge is 1.82. The lowest BCUT2D eigenvalue weighted by Crippen LogP contribution is -1.71. The van der Waals surface area contributed by atoms with Crippen LogP contribution in [0.15, 0.2) is 85.1 Å². The van der Waals surface area contributed by atoms with Crippen molar-refractivity contribution in [3.63, 3.8) is 0 Å². The summed E-state index contributed by atoms with van der Waals surface area (Å²) in [6.07, 6.45) is 22.5. The Labute approximate surface area is 98.4 Å². The van der Waals surface area contributed by atoms with E-state index in [0.717, 1.165) is 24.0 Å². The molecule has 1 rings (SSSR count). The van der Waals surface area contributed by atoms with E-state index in [0.29, 0.717) is 0 Å². The van der Waals surface area contributed by atoms with Crippen LogP contribution in [0.2, 0.25) is 0 Å². The molecule has 0 fully saturated rings. The zero-order valence-electron chi connectivity index (χ0n) is 9.60. The fourth-order valence-corrected chi connectivity index (χ4v) is 1.23. The molecule has 0 heterocycles. The van der Waals surface area contributed by atoms with E-state index < -0.39 is 0 Å². The SMILES string of the molecule is C=C1/C=C\C=C/CC/C=C\C=C/C(=C)/C=C\1. The van der Waals surface area contributed by atoms with Gasteiger partial charge in [0.05, 0.1) is 0 Å². The Morgan fingerprint density at radius 2 is 1.06 bits per heavy atom. The lowest BCUT2D eigenvalue weighted by atomic mass is 10.1. The second-order valence-corrected chi connectivity index (χ2v) is 3.64. The van der Waals surface area contributed by atoms with Gasteiger partial charge in [0.25, 0.3) is 0 Å². The summed E-state index contributed by atoms with van der Waals surface area (Å²) in [6.45, 7) is 7.86. The van der Waals surface area contributed by atoms with Gasteiger partial charge in [0.2, 0.25) is 0 Å². The van der Waals surface area contributed by atoms with Gasteiger partial charge in [0, 0.05) is 0 Å². The van der Waals surface area contributed by atoms with Gasteiger partial charge in [0.15, 0.2) is 0 Å². The molecule has 0 aromatic carbocycles. The summed E-state index contributed by atoms with van der Waals surface area (Å²) < 4.78 is 0. The molecule has 0 radical (unpaired) electrons. The Bertz CT molecular complexity index is 346. The van der Waals surface area contributed by atoms with Crippen molar-refractivity contribution >= 4 is 0 Å². The summed E-state index contributed by atoms with van der Waals surface area (Å²) in [6, 6.07) is 0. The predicted octanol–water partition coefficient (Wildman–Crippen LogP) is 4.67. The summed E-state index contributed by atoms with van der Waals surface area (Å²) in [5.41, 5.74) is 1.96. The minimum absolute atomic E-state index is 0.979. The monoisotopic (exact) mass is 210 g/mol. The number of hydrogen-bond acceptors (Lipinski definition) is 0. The maximum Gasteiger partial charge on any atom is -0.0313 e. The summed E-state index contributed by atoms with van der Waals surface area (Å²) in [5.74, 6) is 0. The maximum atomic E-state index is 3.93. The first kappa shape index (κ1) is 12.3. The molecule has 1 aliphatic carbocycles. The summed E-state index contributed by atoms with van der Waals surface area (Å²) >= 11 is 0. The number of rotatable bonds is 0. The molecule has 0 aromatic heterocycles. The lowest BCUT2D eigenvalue weighted by molar-refractivity contribution is 1.05. The second-order valence-electron chi connectivity index (χ2n) is 3.64.